The minimum absolute atomic E-state index is 0.174. The Kier molecular flexibility index (Phi) is 3.53. The Hall–Kier alpha value is -2.10. The molecule has 26 heavy (non-hydrogen) atoms. The molecule has 0 N–H and O–H groups in total. The van der Waals surface area contributed by atoms with Gasteiger partial charge in [-0.05, 0) is 34.4 Å². The smallest absolute Gasteiger partial charge is 0.182 e. The van der Waals surface area contributed by atoms with Crippen LogP contribution in [0.1, 0.15) is 39.5 Å². The number of hydrogen-bond acceptors (Lipinski definition) is 2. The number of sulfone groups is 1. The largest absolute Gasteiger partial charge is 0.223 e. The second-order valence-corrected chi connectivity index (χ2v) is 9.56. The van der Waals surface area contributed by atoms with Crippen LogP contribution in [0.3, 0.4) is 0 Å². The Labute approximate surface area is 158 Å². The van der Waals surface area contributed by atoms with Gasteiger partial charge in [-0.15, -0.1) is 11.6 Å². The Bertz CT molecular complexity index is 1090. The average Bonchev–Trinajstić information content (AvgIpc) is 2.99. The minimum atomic E-state index is -3.53. The summed E-state index contributed by atoms with van der Waals surface area (Å²) in [6.07, 6.45) is 0. The van der Waals surface area contributed by atoms with E-state index in [4.69, 9.17) is 11.6 Å². The second kappa shape index (κ2) is 5.70. The molecule has 4 heteroatoms. The van der Waals surface area contributed by atoms with Gasteiger partial charge in [-0.1, -0.05) is 66.7 Å². The van der Waals surface area contributed by atoms with Gasteiger partial charge in [-0.3, -0.25) is 0 Å². The molecule has 2 aliphatic carbocycles. The van der Waals surface area contributed by atoms with Crippen LogP contribution in [-0.2, 0) is 9.84 Å². The van der Waals surface area contributed by atoms with Gasteiger partial charge in [0.2, 0.25) is 0 Å². The van der Waals surface area contributed by atoms with Gasteiger partial charge in [-0.2, -0.15) is 0 Å². The first-order valence-corrected chi connectivity index (χ1v) is 10.7. The van der Waals surface area contributed by atoms with E-state index >= 15 is 0 Å². The van der Waals surface area contributed by atoms with E-state index in [9.17, 15) is 8.42 Å². The van der Waals surface area contributed by atoms with Gasteiger partial charge >= 0.3 is 0 Å². The fourth-order valence-corrected chi connectivity index (χ4v) is 7.48. The van der Waals surface area contributed by atoms with E-state index in [2.05, 4.69) is 6.07 Å². The highest BCUT2D eigenvalue weighted by Gasteiger charge is 2.55. The molecule has 3 aromatic rings. The van der Waals surface area contributed by atoms with E-state index in [0.29, 0.717) is 4.90 Å². The fraction of sp³-hybridized carbons (Fsp3) is 0.182. The van der Waals surface area contributed by atoms with Crippen LogP contribution in [0.4, 0.5) is 0 Å². The predicted molar refractivity (Wildman–Crippen MR) is 103 cm³/mol. The molecule has 0 saturated carbocycles. The molecule has 0 radical (unpaired) electrons. The highest BCUT2D eigenvalue weighted by Crippen LogP contribution is 2.61. The lowest BCUT2D eigenvalue weighted by molar-refractivity contribution is 0.525. The van der Waals surface area contributed by atoms with Crippen molar-refractivity contribution in [2.75, 3.05) is 0 Å². The summed E-state index contributed by atoms with van der Waals surface area (Å²) < 4.78 is 27.2. The maximum Gasteiger partial charge on any atom is 0.182 e. The van der Waals surface area contributed by atoms with Crippen LogP contribution in [0.2, 0.25) is 0 Å². The van der Waals surface area contributed by atoms with Crippen molar-refractivity contribution in [2.45, 2.75) is 27.4 Å². The maximum absolute atomic E-state index is 13.6. The third kappa shape index (κ3) is 2.07. The highest BCUT2D eigenvalue weighted by molar-refractivity contribution is 7.92. The van der Waals surface area contributed by atoms with Gasteiger partial charge in [0, 0.05) is 11.8 Å². The quantitative estimate of drug-likeness (QED) is 0.583. The van der Waals surface area contributed by atoms with Crippen molar-refractivity contribution < 1.29 is 8.42 Å². The maximum atomic E-state index is 13.6. The van der Waals surface area contributed by atoms with Crippen LogP contribution >= 0.6 is 11.6 Å². The lowest BCUT2D eigenvalue weighted by atomic mass is 9.80. The third-order valence-corrected chi connectivity index (χ3v) is 8.46. The molecule has 2 bridgehead atoms. The molecule has 0 heterocycles. The van der Waals surface area contributed by atoms with Crippen molar-refractivity contribution in [3.05, 3.63) is 101 Å². The van der Waals surface area contributed by atoms with E-state index in [1.165, 1.54) is 0 Å². The molecule has 2 nitrogen and oxygen atoms in total. The van der Waals surface area contributed by atoms with Crippen LogP contribution in [0.25, 0.3) is 0 Å². The van der Waals surface area contributed by atoms with Crippen molar-refractivity contribution in [1.82, 2.24) is 0 Å². The molecule has 130 valence electrons. The van der Waals surface area contributed by atoms with Gasteiger partial charge in [0.15, 0.2) is 9.84 Å². The molecule has 2 aliphatic rings. The van der Waals surface area contributed by atoms with E-state index in [-0.39, 0.29) is 17.2 Å². The summed E-state index contributed by atoms with van der Waals surface area (Å²) in [5.41, 5.74) is 4.26. The van der Waals surface area contributed by atoms with E-state index in [1.54, 1.807) is 24.3 Å². The molecular weight excluding hydrogens is 364 g/mol. The predicted octanol–water partition coefficient (Wildman–Crippen LogP) is 5.05. The van der Waals surface area contributed by atoms with Gasteiger partial charge in [-0.25, -0.2) is 8.42 Å². The Morgan fingerprint density at radius 1 is 0.654 bits per heavy atom. The molecule has 0 fully saturated rings. The van der Waals surface area contributed by atoms with E-state index in [0.717, 1.165) is 22.3 Å². The number of benzene rings is 3. The lowest BCUT2D eigenvalue weighted by Crippen LogP contribution is -2.35. The Morgan fingerprint density at radius 3 is 1.81 bits per heavy atom. The summed E-state index contributed by atoms with van der Waals surface area (Å²) in [6.45, 7) is 0. The van der Waals surface area contributed by atoms with Crippen molar-refractivity contribution in [3.63, 3.8) is 0 Å². The molecule has 4 atom stereocenters. The molecule has 0 amide bonds. The standard InChI is InChI=1S/C22H17ClO2S/c23-21-18-13-7-6-12-17(18)19-15-10-4-5-11-16(15)20(21)22(19)26(24,25)14-8-2-1-3-9-14/h1-13,19-22H/t19-,20+,21+,22+/m0/s1. The SMILES string of the molecule is O=S(=O)(c1ccccc1)[C@@H]1[C@H]2c3ccccc3[C@@H]1[C@H](Cl)c1ccccc12. The monoisotopic (exact) mass is 380 g/mol. The third-order valence-electron chi connectivity index (χ3n) is 5.75. The minimum Gasteiger partial charge on any atom is -0.223 e. The van der Waals surface area contributed by atoms with Crippen LogP contribution in [0.15, 0.2) is 83.8 Å². The van der Waals surface area contributed by atoms with Gasteiger partial charge in [0.25, 0.3) is 0 Å². The van der Waals surface area contributed by atoms with Gasteiger partial charge < -0.3 is 0 Å². The van der Waals surface area contributed by atoms with Crippen LogP contribution in [0, 0.1) is 0 Å². The Balaban J connectivity index is 1.79. The normalized spacial score (nSPS) is 26.2. The molecule has 5 rings (SSSR count). The zero-order valence-electron chi connectivity index (χ0n) is 13.9. The summed E-state index contributed by atoms with van der Waals surface area (Å²) in [7, 11) is -3.53. The topological polar surface area (TPSA) is 34.1 Å². The average molecular weight is 381 g/mol. The first kappa shape index (κ1) is 16.1. The summed E-state index contributed by atoms with van der Waals surface area (Å²) >= 11 is 6.89. The lowest BCUT2D eigenvalue weighted by Gasteiger charge is -2.35. The van der Waals surface area contributed by atoms with Crippen molar-refractivity contribution in [3.8, 4) is 0 Å². The molecule has 0 aromatic heterocycles. The summed E-state index contributed by atoms with van der Waals surface area (Å²) in [6, 6.07) is 24.8. The highest BCUT2D eigenvalue weighted by atomic mass is 35.5. The summed E-state index contributed by atoms with van der Waals surface area (Å²) in [5, 5.41) is -0.922. The first-order valence-electron chi connectivity index (χ1n) is 8.71. The summed E-state index contributed by atoms with van der Waals surface area (Å²) in [4.78, 5) is 0.371. The number of rotatable bonds is 2. The zero-order chi connectivity index (χ0) is 17.9. The van der Waals surface area contributed by atoms with E-state index in [1.807, 2.05) is 48.5 Å². The fourth-order valence-electron chi connectivity index (χ4n) is 4.71. The number of hydrogen-bond donors (Lipinski definition) is 0. The first-order chi connectivity index (χ1) is 12.6. The van der Waals surface area contributed by atoms with Crippen LogP contribution < -0.4 is 0 Å². The molecule has 3 aromatic carbocycles. The molecule has 0 spiro atoms. The van der Waals surface area contributed by atoms with E-state index < -0.39 is 15.1 Å². The van der Waals surface area contributed by atoms with Crippen molar-refractivity contribution in [1.29, 1.82) is 0 Å². The van der Waals surface area contributed by atoms with Crippen LogP contribution in [0.5, 0.6) is 0 Å². The number of alkyl halides is 1. The van der Waals surface area contributed by atoms with Crippen molar-refractivity contribution >= 4 is 21.4 Å². The number of fused-ring (bicyclic) bond motifs is 7. The van der Waals surface area contributed by atoms with Gasteiger partial charge in [0.1, 0.15) is 0 Å². The van der Waals surface area contributed by atoms with Gasteiger partial charge in [0.05, 0.1) is 15.5 Å². The van der Waals surface area contributed by atoms with Crippen LogP contribution in [-0.4, -0.2) is 13.7 Å². The van der Waals surface area contributed by atoms with Crippen molar-refractivity contribution in [2.24, 2.45) is 0 Å². The molecule has 0 saturated heterocycles. The summed E-state index contributed by atoms with van der Waals surface area (Å²) in [5.74, 6) is -0.412. The molecule has 0 unspecified atom stereocenters. The Morgan fingerprint density at radius 2 is 1.15 bits per heavy atom. The molecule has 0 aliphatic heterocycles. The zero-order valence-corrected chi connectivity index (χ0v) is 15.5. The second-order valence-electron chi connectivity index (χ2n) is 6.99. The molecular formula is C22H17ClO2S. The number of halogens is 1.